The summed E-state index contributed by atoms with van der Waals surface area (Å²) < 4.78 is 17.3. The SMILES string of the molecule is CCC(CN(C)CCF)NC(=O)OC(C)(C)C. The second-order valence-electron chi connectivity index (χ2n) is 5.20. The lowest BCUT2D eigenvalue weighted by molar-refractivity contribution is 0.0492. The average molecular weight is 248 g/mol. The summed E-state index contributed by atoms with van der Waals surface area (Å²) in [7, 11) is 1.83. The molecule has 0 spiro atoms. The second kappa shape index (κ2) is 7.48. The lowest BCUT2D eigenvalue weighted by Gasteiger charge is -2.25. The third kappa shape index (κ3) is 8.92. The molecule has 0 aliphatic carbocycles. The van der Waals surface area contributed by atoms with Crippen molar-refractivity contribution >= 4 is 6.09 Å². The van der Waals surface area contributed by atoms with Crippen molar-refractivity contribution in [2.24, 2.45) is 0 Å². The Bertz CT molecular complexity index is 229. The monoisotopic (exact) mass is 248 g/mol. The summed E-state index contributed by atoms with van der Waals surface area (Å²) in [6, 6.07) is -0.0126. The standard InChI is InChI=1S/C12H25FN2O2/c1-6-10(9-15(5)8-7-13)14-11(16)17-12(2,3)4/h10H,6-9H2,1-5H3,(H,14,16). The van der Waals surface area contributed by atoms with Crippen LogP contribution in [0.5, 0.6) is 0 Å². The highest BCUT2D eigenvalue weighted by molar-refractivity contribution is 5.68. The van der Waals surface area contributed by atoms with Crippen LogP contribution in [-0.4, -0.2) is 49.4 Å². The number of carbonyl (C=O) groups is 1. The van der Waals surface area contributed by atoms with Crippen molar-refractivity contribution in [3.05, 3.63) is 0 Å². The molecule has 0 radical (unpaired) electrons. The van der Waals surface area contributed by atoms with Crippen molar-refractivity contribution in [3.63, 3.8) is 0 Å². The largest absolute Gasteiger partial charge is 0.444 e. The molecule has 1 unspecified atom stereocenters. The van der Waals surface area contributed by atoms with Gasteiger partial charge in [0.2, 0.25) is 0 Å². The molecule has 5 heteroatoms. The van der Waals surface area contributed by atoms with Crippen LogP contribution in [0.4, 0.5) is 9.18 Å². The molecule has 0 saturated heterocycles. The van der Waals surface area contributed by atoms with Gasteiger partial charge in [0.25, 0.3) is 0 Å². The van der Waals surface area contributed by atoms with E-state index in [9.17, 15) is 9.18 Å². The highest BCUT2D eigenvalue weighted by Gasteiger charge is 2.19. The molecule has 0 heterocycles. The number of rotatable bonds is 6. The molecule has 0 aromatic rings. The Hall–Kier alpha value is -0.840. The molecule has 0 bridgehead atoms. The maximum absolute atomic E-state index is 12.1. The summed E-state index contributed by atoms with van der Waals surface area (Å²) in [5.41, 5.74) is -0.493. The summed E-state index contributed by atoms with van der Waals surface area (Å²) >= 11 is 0. The van der Waals surface area contributed by atoms with Crippen LogP contribution < -0.4 is 5.32 Å². The zero-order valence-corrected chi connectivity index (χ0v) is 11.5. The third-order valence-corrected chi connectivity index (χ3v) is 2.21. The van der Waals surface area contributed by atoms with Gasteiger partial charge in [-0.15, -0.1) is 0 Å². The molecule has 1 atom stereocenters. The van der Waals surface area contributed by atoms with Gasteiger partial charge in [-0.25, -0.2) is 9.18 Å². The summed E-state index contributed by atoms with van der Waals surface area (Å²) in [5, 5.41) is 2.79. The number of nitrogens with one attached hydrogen (secondary N) is 1. The fraction of sp³-hybridized carbons (Fsp3) is 0.917. The summed E-state index contributed by atoms with van der Waals surface area (Å²) in [5.74, 6) is 0. The topological polar surface area (TPSA) is 41.6 Å². The van der Waals surface area contributed by atoms with Crippen LogP contribution in [0.15, 0.2) is 0 Å². The van der Waals surface area contributed by atoms with Gasteiger partial charge in [-0.1, -0.05) is 6.92 Å². The summed E-state index contributed by atoms with van der Waals surface area (Å²) in [4.78, 5) is 13.4. The first kappa shape index (κ1) is 16.2. The predicted molar refractivity (Wildman–Crippen MR) is 66.9 cm³/mol. The van der Waals surface area contributed by atoms with E-state index in [1.807, 2.05) is 39.6 Å². The number of ether oxygens (including phenoxy) is 1. The van der Waals surface area contributed by atoms with Crippen molar-refractivity contribution in [1.82, 2.24) is 10.2 Å². The Balaban J connectivity index is 4.08. The van der Waals surface area contributed by atoms with Crippen molar-refractivity contribution in [1.29, 1.82) is 0 Å². The van der Waals surface area contributed by atoms with Crippen molar-refractivity contribution in [2.75, 3.05) is 26.8 Å². The van der Waals surface area contributed by atoms with E-state index in [-0.39, 0.29) is 12.7 Å². The molecular weight excluding hydrogens is 223 g/mol. The van der Waals surface area contributed by atoms with Crippen LogP contribution in [-0.2, 0) is 4.74 Å². The Morgan fingerprint density at radius 1 is 1.47 bits per heavy atom. The van der Waals surface area contributed by atoms with Crippen molar-refractivity contribution in [2.45, 2.75) is 45.8 Å². The summed E-state index contributed by atoms with van der Waals surface area (Å²) in [6.07, 6.45) is 0.369. The quantitative estimate of drug-likeness (QED) is 0.783. The highest BCUT2D eigenvalue weighted by atomic mass is 19.1. The molecule has 0 aromatic carbocycles. The van der Waals surface area contributed by atoms with Gasteiger partial charge in [-0.3, -0.25) is 0 Å². The molecule has 0 rings (SSSR count). The number of hydrogen-bond donors (Lipinski definition) is 1. The van der Waals surface area contributed by atoms with E-state index in [2.05, 4.69) is 5.32 Å². The van der Waals surface area contributed by atoms with E-state index in [1.54, 1.807) is 0 Å². The molecule has 0 aliphatic rings. The van der Waals surface area contributed by atoms with Gasteiger partial charge in [0.1, 0.15) is 12.3 Å². The molecule has 102 valence electrons. The second-order valence-corrected chi connectivity index (χ2v) is 5.20. The number of nitrogens with zero attached hydrogens (tertiary/aromatic N) is 1. The van der Waals surface area contributed by atoms with E-state index < -0.39 is 11.7 Å². The Morgan fingerprint density at radius 2 is 2.06 bits per heavy atom. The van der Waals surface area contributed by atoms with Crippen LogP contribution >= 0.6 is 0 Å². The van der Waals surface area contributed by atoms with Crippen LogP contribution in [0.25, 0.3) is 0 Å². The van der Waals surface area contributed by atoms with E-state index in [1.165, 1.54) is 0 Å². The van der Waals surface area contributed by atoms with Gasteiger partial charge in [-0.05, 0) is 34.2 Å². The molecule has 0 saturated carbocycles. The van der Waals surface area contributed by atoms with Gasteiger partial charge in [0, 0.05) is 19.1 Å². The van der Waals surface area contributed by atoms with Gasteiger partial charge >= 0.3 is 6.09 Å². The number of hydrogen-bond acceptors (Lipinski definition) is 3. The molecule has 1 N–H and O–H groups in total. The van der Waals surface area contributed by atoms with Gasteiger partial charge < -0.3 is 15.0 Å². The molecule has 17 heavy (non-hydrogen) atoms. The molecule has 1 amide bonds. The highest BCUT2D eigenvalue weighted by Crippen LogP contribution is 2.07. The minimum Gasteiger partial charge on any atom is -0.444 e. The first-order chi connectivity index (χ1) is 7.78. The number of carbonyl (C=O) groups excluding carboxylic acids is 1. The lowest BCUT2D eigenvalue weighted by atomic mass is 10.2. The van der Waals surface area contributed by atoms with E-state index in [0.717, 1.165) is 6.42 Å². The normalized spacial score (nSPS) is 13.6. The lowest BCUT2D eigenvalue weighted by Crippen LogP contribution is -2.44. The Labute approximate surface area is 104 Å². The van der Waals surface area contributed by atoms with E-state index in [4.69, 9.17) is 4.74 Å². The van der Waals surface area contributed by atoms with Gasteiger partial charge in [0.15, 0.2) is 0 Å². The number of amides is 1. The van der Waals surface area contributed by atoms with Gasteiger partial charge in [0.05, 0.1) is 0 Å². The smallest absolute Gasteiger partial charge is 0.407 e. The fourth-order valence-electron chi connectivity index (χ4n) is 1.36. The van der Waals surface area contributed by atoms with Crippen LogP contribution in [0.1, 0.15) is 34.1 Å². The van der Waals surface area contributed by atoms with Crippen LogP contribution in [0.3, 0.4) is 0 Å². The molecule has 0 aliphatic heterocycles. The molecule has 0 fully saturated rings. The van der Waals surface area contributed by atoms with Gasteiger partial charge in [-0.2, -0.15) is 0 Å². The van der Waals surface area contributed by atoms with Crippen LogP contribution in [0, 0.1) is 0 Å². The van der Waals surface area contributed by atoms with Crippen LogP contribution in [0.2, 0.25) is 0 Å². The molecule has 4 nitrogen and oxygen atoms in total. The average Bonchev–Trinajstić information content (AvgIpc) is 2.13. The first-order valence-electron chi connectivity index (χ1n) is 6.02. The Morgan fingerprint density at radius 3 is 2.47 bits per heavy atom. The molecular formula is C12H25FN2O2. The first-order valence-corrected chi connectivity index (χ1v) is 6.02. The third-order valence-electron chi connectivity index (χ3n) is 2.21. The Kier molecular flexibility index (Phi) is 7.11. The maximum Gasteiger partial charge on any atom is 0.407 e. The van der Waals surface area contributed by atoms with Crippen molar-refractivity contribution in [3.8, 4) is 0 Å². The maximum atomic E-state index is 12.1. The predicted octanol–water partition coefficient (Wildman–Crippen LogP) is 2.19. The van der Waals surface area contributed by atoms with E-state index in [0.29, 0.717) is 13.1 Å². The number of halogens is 1. The van der Waals surface area contributed by atoms with Crippen molar-refractivity contribution < 1.29 is 13.9 Å². The molecule has 0 aromatic heterocycles. The zero-order chi connectivity index (χ0) is 13.5. The van der Waals surface area contributed by atoms with E-state index >= 15 is 0 Å². The number of likely N-dealkylation sites (N-methyl/N-ethyl adjacent to an activating group) is 1. The summed E-state index contributed by atoms with van der Waals surface area (Å²) in [6.45, 7) is 8.07. The number of alkyl carbamates (subject to hydrolysis) is 1. The minimum atomic E-state index is -0.493. The zero-order valence-electron chi connectivity index (χ0n) is 11.5. The minimum absolute atomic E-state index is 0.0126. The number of alkyl halides is 1. The fourth-order valence-corrected chi connectivity index (χ4v) is 1.36.